The maximum atomic E-state index is 9.53. The number of nitrogen functional groups attached to an aromatic ring is 1. The predicted octanol–water partition coefficient (Wildman–Crippen LogP) is 2.66. The Kier molecular flexibility index (Phi) is 3.62. The van der Waals surface area contributed by atoms with Gasteiger partial charge in [-0.25, -0.2) is 4.98 Å². The van der Waals surface area contributed by atoms with Crippen LogP contribution in [0.2, 0.25) is 0 Å². The number of fused-ring (bicyclic) bond motifs is 1. The fraction of sp³-hybridized carbons (Fsp3) is 0.235. The third-order valence-electron chi connectivity index (χ3n) is 3.86. The van der Waals surface area contributed by atoms with Crippen molar-refractivity contribution < 1.29 is 5.11 Å². The SMILES string of the molecule is Cc1ccccc1CCn1c(CO)nc2cc(N)ccc21. The molecule has 0 saturated carbocycles. The Morgan fingerprint density at radius 2 is 2.00 bits per heavy atom. The van der Waals surface area contributed by atoms with Crippen LogP contribution in [0.3, 0.4) is 0 Å². The van der Waals surface area contributed by atoms with Crippen LogP contribution in [0, 0.1) is 6.92 Å². The molecule has 0 radical (unpaired) electrons. The summed E-state index contributed by atoms with van der Waals surface area (Å²) >= 11 is 0. The van der Waals surface area contributed by atoms with Gasteiger partial charge >= 0.3 is 0 Å². The highest BCUT2D eigenvalue weighted by Gasteiger charge is 2.10. The summed E-state index contributed by atoms with van der Waals surface area (Å²) in [5, 5.41) is 9.53. The Morgan fingerprint density at radius 3 is 2.76 bits per heavy atom. The number of aliphatic hydroxyl groups excluding tert-OH is 1. The molecule has 0 amide bonds. The smallest absolute Gasteiger partial charge is 0.135 e. The van der Waals surface area contributed by atoms with Crippen molar-refractivity contribution in [1.82, 2.24) is 9.55 Å². The molecule has 3 aromatic rings. The topological polar surface area (TPSA) is 64.1 Å². The van der Waals surface area contributed by atoms with Crippen molar-refractivity contribution in [2.24, 2.45) is 0 Å². The molecular weight excluding hydrogens is 262 g/mol. The second kappa shape index (κ2) is 5.58. The van der Waals surface area contributed by atoms with E-state index in [0.29, 0.717) is 11.5 Å². The number of benzene rings is 2. The third kappa shape index (κ3) is 2.62. The summed E-state index contributed by atoms with van der Waals surface area (Å²) in [6, 6.07) is 14.1. The van der Waals surface area contributed by atoms with Crippen LogP contribution in [-0.4, -0.2) is 14.7 Å². The van der Waals surface area contributed by atoms with Gasteiger partial charge in [0.2, 0.25) is 0 Å². The molecule has 1 aromatic heterocycles. The van der Waals surface area contributed by atoms with Gasteiger partial charge in [0.15, 0.2) is 0 Å². The van der Waals surface area contributed by atoms with Crippen molar-refractivity contribution >= 4 is 16.7 Å². The summed E-state index contributed by atoms with van der Waals surface area (Å²) < 4.78 is 2.07. The molecule has 108 valence electrons. The van der Waals surface area contributed by atoms with E-state index in [1.165, 1.54) is 11.1 Å². The van der Waals surface area contributed by atoms with Gasteiger partial charge < -0.3 is 15.4 Å². The minimum atomic E-state index is -0.0671. The van der Waals surface area contributed by atoms with Crippen LogP contribution in [0.25, 0.3) is 11.0 Å². The van der Waals surface area contributed by atoms with Crippen LogP contribution in [0.1, 0.15) is 17.0 Å². The third-order valence-corrected chi connectivity index (χ3v) is 3.86. The van der Waals surface area contributed by atoms with Gasteiger partial charge in [-0.3, -0.25) is 0 Å². The van der Waals surface area contributed by atoms with Crippen molar-refractivity contribution in [2.75, 3.05) is 5.73 Å². The molecule has 1 heterocycles. The molecule has 0 aliphatic rings. The summed E-state index contributed by atoms with van der Waals surface area (Å²) in [6.45, 7) is 2.85. The molecule has 21 heavy (non-hydrogen) atoms. The highest BCUT2D eigenvalue weighted by Crippen LogP contribution is 2.20. The molecule has 2 aromatic carbocycles. The van der Waals surface area contributed by atoms with Gasteiger partial charge in [-0.05, 0) is 42.7 Å². The number of nitrogens with zero attached hydrogens (tertiary/aromatic N) is 2. The van der Waals surface area contributed by atoms with Gasteiger partial charge in [-0.1, -0.05) is 24.3 Å². The van der Waals surface area contributed by atoms with E-state index in [4.69, 9.17) is 5.73 Å². The molecule has 0 atom stereocenters. The minimum absolute atomic E-state index is 0.0671. The lowest BCUT2D eigenvalue weighted by Crippen LogP contribution is -2.07. The Morgan fingerprint density at radius 1 is 1.19 bits per heavy atom. The van der Waals surface area contributed by atoms with E-state index in [9.17, 15) is 5.11 Å². The Bertz CT molecular complexity index is 777. The van der Waals surface area contributed by atoms with Crippen LogP contribution < -0.4 is 5.73 Å². The first-order chi connectivity index (χ1) is 10.2. The normalized spacial score (nSPS) is 11.1. The van der Waals surface area contributed by atoms with E-state index in [1.54, 1.807) is 0 Å². The molecule has 0 unspecified atom stereocenters. The van der Waals surface area contributed by atoms with Crippen molar-refractivity contribution in [3.8, 4) is 0 Å². The summed E-state index contributed by atoms with van der Waals surface area (Å²) in [5.41, 5.74) is 10.9. The van der Waals surface area contributed by atoms with E-state index in [2.05, 4.69) is 34.7 Å². The van der Waals surface area contributed by atoms with Gasteiger partial charge in [-0.15, -0.1) is 0 Å². The Labute approximate surface area is 123 Å². The minimum Gasteiger partial charge on any atom is -0.399 e. The molecule has 3 N–H and O–H groups in total. The molecule has 0 saturated heterocycles. The first-order valence-electron chi connectivity index (χ1n) is 7.09. The summed E-state index contributed by atoms with van der Waals surface area (Å²) in [7, 11) is 0. The number of nitrogens with two attached hydrogens (primary N) is 1. The number of anilines is 1. The van der Waals surface area contributed by atoms with Gasteiger partial charge in [0.05, 0.1) is 11.0 Å². The molecular formula is C17H19N3O. The fourth-order valence-corrected chi connectivity index (χ4v) is 2.69. The zero-order valence-corrected chi connectivity index (χ0v) is 12.1. The van der Waals surface area contributed by atoms with Gasteiger partial charge in [0, 0.05) is 12.2 Å². The summed E-state index contributed by atoms with van der Waals surface area (Å²) in [5.74, 6) is 0.684. The number of hydrogen-bond donors (Lipinski definition) is 2. The van der Waals surface area contributed by atoms with Crippen LogP contribution in [-0.2, 0) is 19.6 Å². The lowest BCUT2D eigenvalue weighted by Gasteiger charge is -2.10. The average molecular weight is 281 g/mol. The monoisotopic (exact) mass is 281 g/mol. The standard InChI is InChI=1S/C17H19N3O/c1-12-4-2-3-5-13(12)8-9-20-16-7-6-14(18)10-15(16)19-17(20)11-21/h2-7,10,21H,8-9,11,18H2,1H3. The lowest BCUT2D eigenvalue weighted by molar-refractivity contribution is 0.266. The van der Waals surface area contributed by atoms with Crippen molar-refractivity contribution in [3.63, 3.8) is 0 Å². The zero-order valence-electron chi connectivity index (χ0n) is 12.1. The van der Waals surface area contributed by atoms with Gasteiger partial charge in [0.1, 0.15) is 12.4 Å². The maximum Gasteiger partial charge on any atom is 0.135 e. The van der Waals surface area contributed by atoms with Crippen LogP contribution >= 0.6 is 0 Å². The van der Waals surface area contributed by atoms with E-state index in [0.717, 1.165) is 24.0 Å². The lowest BCUT2D eigenvalue weighted by atomic mass is 10.1. The molecule has 0 fully saturated rings. The van der Waals surface area contributed by atoms with E-state index in [1.807, 2.05) is 24.3 Å². The average Bonchev–Trinajstić information content (AvgIpc) is 2.83. The molecule has 0 spiro atoms. The molecule has 4 heteroatoms. The maximum absolute atomic E-state index is 9.53. The largest absolute Gasteiger partial charge is 0.399 e. The summed E-state index contributed by atoms with van der Waals surface area (Å²) in [4.78, 5) is 4.46. The quantitative estimate of drug-likeness (QED) is 0.723. The number of imidazole rings is 1. The molecule has 4 nitrogen and oxygen atoms in total. The number of aromatic nitrogens is 2. The molecule has 0 aliphatic heterocycles. The second-order valence-corrected chi connectivity index (χ2v) is 5.26. The fourth-order valence-electron chi connectivity index (χ4n) is 2.69. The molecule has 0 aliphatic carbocycles. The zero-order chi connectivity index (χ0) is 14.8. The van der Waals surface area contributed by atoms with Gasteiger partial charge in [0.25, 0.3) is 0 Å². The first kappa shape index (κ1) is 13.6. The van der Waals surface area contributed by atoms with Crippen molar-refractivity contribution in [2.45, 2.75) is 26.5 Å². The van der Waals surface area contributed by atoms with E-state index in [-0.39, 0.29) is 6.61 Å². The Balaban J connectivity index is 1.94. The number of rotatable bonds is 4. The predicted molar refractivity (Wildman–Crippen MR) is 85.0 cm³/mol. The summed E-state index contributed by atoms with van der Waals surface area (Å²) in [6.07, 6.45) is 0.912. The molecule has 3 rings (SSSR count). The van der Waals surface area contributed by atoms with Crippen molar-refractivity contribution in [3.05, 3.63) is 59.4 Å². The molecule has 0 bridgehead atoms. The number of hydrogen-bond acceptors (Lipinski definition) is 3. The highest BCUT2D eigenvalue weighted by atomic mass is 16.3. The first-order valence-corrected chi connectivity index (χ1v) is 7.09. The highest BCUT2D eigenvalue weighted by molar-refractivity contribution is 5.79. The van der Waals surface area contributed by atoms with Crippen LogP contribution in [0.5, 0.6) is 0 Å². The van der Waals surface area contributed by atoms with Crippen molar-refractivity contribution in [1.29, 1.82) is 0 Å². The number of aryl methyl sites for hydroxylation is 3. The van der Waals surface area contributed by atoms with Gasteiger partial charge in [-0.2, -0.15) is 0 Å². The number of aliphatic hydroxyl groups is 1. The van der Waals surface area contributed by atoms with Crippen LogP contribution in [0.15, 0.2) is 42.5 Å². The van der Waals surface area contributed by atoms with E-state index < -0.39 is 0 Å². The van der Waals surface area contributed by atoms with E-state index >= 15 is 0 Å². The Hall–Kier alpha value is -2.33. The van der Waals surface area contributed by atoms with Crippen LogP contribution in [0.4, 0.5) is 5.69 Å². The second-order valence-electron chi connectivity index (χ2n) is 5.26.